The van der Waals surface area contributed by atoms with Gasteiger partial charge >= 0.3 is 5.97 Å². The first-order chi connectivity index (χ1) is 9.74. The van der Waals surface area contributed by atoms with E-state index in [2.05, 4.69) is 0 Å². The predicted octanol–water partition coefficient (Wildman–Crippen LogP) is 3.04. The van der Waals surface area contributed by atoms with Crippen molar-refractivity contribution in [1.29, 1.82) is 0 Å². The van der Waals surface area contributed by atoms with Crippen LogP contribution in [0.25, 0.3) is 11.6 Å². The topological polar surface area (TPSA) is 55.8 Å². The molecule has 0 spiro atoms. The first-order valence-corrected chi connectivity index (χ1v) is 6.14. The van der Waals surface area contributed by atoms with E-state index in [0.717, 1.165) is 5.56 Å². The van der Waals surface area contributed by atoms with E-state index in [1.165, 1.54) is 0 Å². The molecule has 21 heavy (non-hydrogen) atoms. The number of hydrogen-bond acceptors (Lipinski definition) is 3. The van der Waals surface area contributed by atoms with Gasteiger partial charge in [-0.1, -0.05) is 36.4 Å². The molecular formula is C16H12AgO4. The fraction of sp³-hybridized carbons (Fsp3) is 0.0625. The molecule has 0 aliphatic carbocycles. The van der Waals surface area contributed by atoms with Crippen molar-refractivity contribution in [3.8, 4) is 11.5 Å². The van der Waals surface area contributed by atoms with Gasteiger partial charge in [-0.05, 0) is 29.3 Å². The Morgan fingerprint density at radius 3 is 2.48 bits per heavy atom. The van der Waals surface area contributed by atoms with Gasteiger partial charge in [-0.15, -0.1) is 0 Å². The third-order valence-corrected chi connectivity index (χ3v) is 3.02. The number of benzene rings is 2. The molecule has 1 aliphatic heterocycles. The smallest absolute Gasteiger partial charge is 0.336 e. The standard InChI is InChI=1S/C16H12O4.Ag/c17-16(18)13(12-4-2-1-3-5-12)8-11-6-7-14-15(9-11)20-10-19-14;/h1-9H,10H2,(H,17,18);/b13-8-;. The predicted molar refractivity (Wildman–Crippen MR) is 74.5 cm³/mol. The molecule has 0 aromatic heterocycles. The van der Waals surface area contributed by atoms with Gasteiger partial charge in [0.25, 0.3) is 0 Å². The number of fused-ring (bicyclic) bond motifs is 1. The Bertz CT molecular complexity index is 680. The zero-order chi connectivity index (χ0) is 13.9. The van der Waals surface area contributed by atoms with Crippen molar-refractivity contribution in [3.63, 3.8) is 0 Å². The second kappa shape index (κ2) is 6.63. The van der Waals surface area contributed by atoms with Crippen molar-refractivity contribution in [2.75, 3.05) is 6.79 Å². The molecule has 0 saturated heterocycles. The maximum absolute atomic E-state index is 11.4. The largest absolute Gasteiger partial charge is 0.478 e. The Morgan fingerprint density at radius 2 is 1.76 bits per heavy atom. The Hall–Kier alpha value is -2.01. The van der Waals surface area contributed by atoms with Gasteiger partial charge in [-0.25, -0.2) is 4.79 Å². The van der Waals surface area contributed by atoms with E-state index >= 15 is 0 Å². The van der Waals surface area contributed by atoms with Crippen molar-refractivity contribution in [1.82, 2.24) is 0 Å². The van der Waals surface area contributed by atoms with Crippen LogP contribution in [0.1, 0.15) is 11.1 Å². The molecule has 1 N–H and O–H groups in total. The van der Waals surface area contributed by atoms with E-state index in [-0.39, 0.29) is 34.7 Å². The van der Waals surface area contributed by atoms with Crippen LogP contribution in [0.2, 0.25) is 0 Å². The molecule has 4 nitrogen and oxygen atoms in total. The number of aliphatic carboxylic acids is 1. The van der Waals surface area contributed by atoms with Crippen LogP contribution in [0, 0.1) is 0 Å². The van der Waals surface area contributed by atoms with Crippen LogP contribution in [0.3, 0.4) is 0 Å². The maximum atomic E-state index is 11.4. The van der Waals surface area contributed by atoms with Crippen LogP contribution in [0.4, 0.5) is 0 Å². The van der Waals surface area contributed by atoms with Crippen molar-refractivity contribution in [2.24, 2.45) is 0 Å². The molecule has 0 saturated carbocycles. The average Bonchev–Trinajstić information content (AvgIpc) is 2.93. The summed E-state index contributed by atoms with van der Waals surface area (Å²) in [6.07, 6.45) is 1.62. The van der Waals surface area contributed by atoms with Crippen molar-refractivity contribution < 1.29 is 41.8 Å². The molecule has 2 aromatic carbocycles. The first-order valence-electron chi connectivity index (χ1n) is 6.14. The molecule has 0 bridgehead atoms. The maximum Gasteiger partial charge on any atom is 0.336 e. The molecule has 5 heteroatoms. The van der Waals surface area contributed by atoms with Crippen LogP contribution in [0.15, 0.2) is 48.5 Å². The summed E-state index contributed by atoms with van der Waals surface area (Å²) in [4.78, 5) is 11.4. The zero-order valence-corrected chi connectivity index (χ0v) is 12.4. The quantitative estimate of drug-likeness (QED) is 0.508. The number of rotatable bonds is 3. The monoisotopic (exact) mass is 375 g/mol. The fourth-order valence-corrected chi connectivity index (χ4v) is 2.06. The summed E-state index contributed by atoms with van der Waals surface area (Å²) in [7, 11) is 0. The minimum atomic E-state index is -0.964. The molecule has 0 amide bonds. The molecule has 0 fully saturated rings. The van der Waals surface area contributed by atoms with Crippen molar-refractivity contribution in [3.05, 3.63) is 59.7 Å². The molecule has 2 aromatic rings. The summed E-state index contributed by atoms with van der Waals surface area (Å²) in [6.45, 7) is 0.201. The Kier molecular flexibility index (Phi) is 4.85. The van der Waals surface area contributed by atoms with Gasteiger partial charge in [-0.3, -0.25) is 0 Å². The van der Waals surface area contributed by atoms with Gasteiger partial charge in [-0.2, -0.15) is 0 Å². The molecule has 1 radical (unpaired) electrons. The number of carbonyl (C=O) groups is 1. The zero-order valence-electron chi connectivity index (χ0n) is 10.9. The summed E-state index contributed by atoms with van der Waals surface area (Å²) < 4.78 is 10.5. The SMILES string of the molecule is O=C(O)/C(=C\c1ccc2c(c1)OCO2)c1ccccc1.[Ag]. The van der Waals surface area contributed by atoms with Crippen LogP contribution in [-0.4, -0.2) is 17.9 Å². The third-order valence-electron chi connectivity index (χ3n) is 3.02. The first kappa shape index (κ1) is 15.4. The molecule has 0 atom stereocenters. The second-order valence-electron chi connectivity index (χ2n) is 4.34. The molecule has 1 aliphatic rings. The van der Waals surface area contributed by atoms with Gasteiger partial charge in [0, 0.05) is 22.4 Å². The van der Waals surface area contributed by atoms with Crippen LogP contribution in [0.5, 0.6) is 11.5 Å². The average molecular weight is 376 g/mol. The van der Waals surface area contributed by atoms with E-state index < -0.39 is 5.97 Å². The van der Waals surface area contributed by atoms with E-state index in [9.17, 15) is 9.90 Å². The molecule has 0 unspecified atom stereocenters. The van der Waals surface area contributed by atoms with Gasteiger partial charge in [0.1, 0.15) is 0 Å². The summed E-state index contributed by atoms with van der Waals surface area (Å²) >= 11 is 0. The number of hydrogen-bond donors (Lipinski definition) is 1. The Morgan fingerprint density at radius 1 is 1.05 bits per heavy atom. The minimum absolute atomic E-state index is 0. The van der Waals surface area contributed by atoms with Crippen LogP contribution in [-0.2, 0) is 27.2 Å². The Labute approximate surface area is 137 Å². The van der Waals surface area contributed by atoms with E-state index in [1.54, 1.807) is 36.4 Å². The van der Waals surface area contributed by atoms with Crippen molar-refractivity contribution in [2.45, 2.75) is 0 Å². The third kappa shape index (κ3) is 3.36. The minimum Gasteiger partial charge on any atom is -0.478 e. The van der Waals surface area contributed by atoms with E-state index in [1.807, 2.05) is 18.2 Å². The fourth-order valence-electron chi connectivity index (χ4n) is 2.06. The summed E-state index contributed by atoms with van der Waals surface area (Å²) in [5, 5.41) is 9.36. The Balaban J connectivity index is 0.00000161. The van der Waals surface area contributed by atoms with Crippen LogP contribution < -0.4 is 9.47 Å². The molecule has 3 rings (SSSR count). The molecular weight excluding hydrogens is 364 g/mol. The normalized spacial score (nSPS) is 12.7. The van der Waals surface area contributed by atoms with Crippen LogP contribution >= 0.6 is 0 Å². The van der Waals surface area contributed by atoms with Crippen molar-refractivity contribution >= 4 is 17.6 Å². The van der Waals surface area contributed by atoms with Gasteiger partial charge < -0.3 is 14.6 Å². The summed E-state index contributed by atoms with van der Waals surface area (Å²) in [6, 6.07) is 14.4. The number of carboxylic acid groups (broad SMARTS) is 1. The summed E-state index contributed by atoms with van der Waals surface area (Å²) in [5.74, 6) is 0.351. The van der Waals surface area contributed by atoms with Gasteiger partial charge in [0.05, 0.1) is 5.57 Å². The number of ether oxygens (including phenoxy) is 2. The van der Waals surface area contributed by atoms with Gasteiger partial charge in [0.15, 0.2) is 11.5 Å². The van der Waals surface area contributed by atoms with Gasteiger partial charge in [0.2, 0.25) is 6.79 Å². The second-order valence-corrected chi connectivity index (χ2v) is 4.34. The van der Waals surface area contributed by atoms with E-state index in [0.29, 0.717) is 17.1 Å². The van der Waals surface area contributed by atoms with E-state index in [4.69, 9.17) is 9.47 Å². The molecule has 111 valence electrons. The molecule has 1 heterocycles. The summed E-state index contributed by atoms with van der Waals surface area (Å²) in [5.41, 5.74) is 1.66. The number of carboxylic acids is 1.